The zero-order valence-electron chi connectivity index (χ0n) is 20.7. The quantitative estimate of drug-likeness (QED) is 0.350. The van der Waals surface area contributed by atoms with Gasteiger partial charge in [0, 0.05) is 40.2 Å². The van der Waals surface area contributed by atoms with Gasteiger partial charge in [-0.3, -0.25) is 14.7 Å². The first-order valence-electron chi connectivity index (χ1n) is 12.3. The second-order valence-corrected chi connectivity index (χ2v) is 10.4. The molecule has 2 aromatic carbocycles. The molecule has 0 amide bonds. The Morgan fingerprint density at radius 3 is 2.70 bits per heavy atom. The van der Waals surface area contributed by atoms with E-state index in [0.29, 0.717) is 35.3 Å². The van der Waals surface area contributed by atoms with Gasteiger partial charge in [-0.25, -0.2) is 0 Å². The minimum absolute atomic E-state index is 0.00450. The number of aliphatic hydroxyl groups excluding tert-OH is 1. The largest absolute Gasteiger partial charge is 0.497 e. The monoisotopic (exact) mass is 540 g/mol. The van der Waals surface area contributed by atoms with E-state index in [1.807, 2.05) is 24.3 Å². The number of carboxylic acid groups (broad SMARTS) is 1. The second-order valence-electron chi connectivity index (χ2n) is 9.48. The van der Waals surface area contributed by atoms with Crippen LogP contribution in [0.5, 0.6) is 5.75 Å². The average Bonchev–Trinajstić information content (AvgIpc) is 2.86. The normalized spacial score (nSPS) is 18.7. The summed E-state index contributed by atoms with van der Waals surface area (Å²) < 4.78 is 5.35. The van der Waals surface area contributed by atoms with Crippen molar-refractivity contribution in [2.75, 3.05) is 26.7 Å². The number of nitrogens with zero attached hydrogens (tertiary/aromatic N) is 2. The highest BCUT2D eigenvalue weighted by molar-refractivity contribution is 6.34. The molecule has 1 aliphatic rings. The Kier molecular flexibility index (Phi) is 9.28. The number of hydrogen-bond acceptors (Lipinski definition) is 5. The van der Waals surface area contributed by atoms with Crippen LogP contribution < -0.4 is 4.74 Å². The SMILES string of the molecule is COc1ccc2nccc([C@H](O)CC[C@@H]3CCN(CC#Cc4cc(Cl)cc(Cl)c4)C[C@@H]3CC(=O)O)c2c1. The van der Waals surface area contributed by atoms with E-state index in [2.05, 4.69) is 21.7 Å². The van der Waals surface area contributed by atoms with Gasteiger partial charge in [-0.15, -0.1) is 0 Å². The third-order valence-electron chi connectivity index (χ3n) is 6.96. The number of aromatic nitrogens is 1. The summed E-state index contributed by atoms with van der Waals surface area (Å²) in [6.45, 7) is 2.03. The van der Waals surface area contributed by atoms with Crippen LogP contribution in [0, 0.1) is 23.7 Å². The highest BCUT2D eigenvalue weighted by Gasteiger charge is 2.31. The van der Waals surface area contributed by atoms with Crippen molar-refractivity contribution in [2.45, 2.75) is 31.8 Å². The molecule has 194 valence electrons. The Hall–Kier alpha value is -2.82. The minimum atomic E-state index is -0.802. The number of fused-ring (bicyclic) bond motifs is 1. The van der Waals surface area contributed by atoms with Crippen LogP contribution in [0.1, 0.15) is 42.9 Å². The van der Waals surface area contributed by atoms with E-state index >= 15 is 0 Å². The molecule has 37 heavy (non-hydrogen) atoms. The molecule has 1 saturated heterocycles. The summed E-state index contributed by atoms with van der Waals surface area (Å²) in [5.74, 6) is 6.38. The minimum Gasteiger partial charge on any atom is -0.497 e. The van der Waals surface area contributed by atoms with Crippen LogP contribution >= 0.6 is 23.2 Å². The standard InChI is InChI=1S/C29H30Cl2N2O4/c1-37-24-5-6-27-26(17-24)25(8-10-32-27)28(34)7-4-20-9-12-33(18-21(20)15-29(35)36)11-2-3-19-13-22(30)16-23(31)14-19/h5-6,8,10,13-14,16-17,20-21,28,34H,4,7,9,11-12,15,18H2,1H3,(H,35,36)/t20-,21+,28-/m1/s1. The Morgan fingerprint density at radius 1 is 1.19 bits per heavy atom. The molecule has 4 rings (SSSR count). The fraction of sp³-hybridized carbons (Fsp3) is 0.379. The lowest BCUT2D eigenvalue weighted by atomic mass is 9.79. The predicted octanol–water partition coefficient (Wildman–Crippen LogP) is 5.83. The number of rotatable bonds is 8. The number of methoxy groups -OCH3 is 1. The maximum Gasteiger partial charge on any atom is 0.303 e. The molecule has 8 heteroatoms. The lowest BCUT2D eigenvalue weighted by Crippen LogP contribution is -2.41. The van der Waals surface area contributed by atoms with Gasteiger partial charge >= 0.3 is 5.97 Å². The molecule has 0 radical (unpaired) electrons. The molecular weight excluding hydrogens is 511 g/mol. The number of ether oxygens (including phenoxy) is 1. The number of likely N-dealkylation sites (tertiary alicyclic amines) is 1. The topological polar surface area (TPSA) is 82.9 Å². The number of piperidine rings is 1. The van der Waals surface area contributed by atoms with Crippen LogP contribution in [-0.2, 0) is 4.79 Å². The van der Waals surface area contributed by atoms with Gasteiger partial charge in [0.15, 0.2) is 0 Å². The molecule has 0 bridgehead atoms. The number of halogens is 2. The number of carboxylic acids is 1. The van der Waals surface area contributed by atoms with Crippen LogP contribution in [0.15, 0.2) is 48.7 Å². The summed E-state index contributed by atoms with van der Waals surface area (Å²) in [7, 11) is 1.61. The summed E-state index contributed by atoms with van der Waals surface area (Å²) in [5.41, 5.74) is 2.37. The van der Waals surface area contributed by atoms with E-state index in [9.17, 15) is 15.0 Å². The molecule has 0 aliphatic carbocycles. The molecule has 1 fully saturated rings. The Morgan fingerprint density at radius 2 is 1.97 bits per heavy atom. The number of carbonyl (C=O) groups is 1. The van der Waals surface area contributed by atoms with Crippen molar-refractivity contribution in [3.8, 4) is 17.6 Å². The van der Waals surface area contributed by atoms with Gasteiger partial charge in [-0.2, -0.15) is 0 Å². The Bertz CT molecular complexity index is 1300. The maximum absolute atomic E-state index is 11.6. The first-order valence-corrected chi connectivity index (χ1v) is 13.1. The van der Waals surface area contributed by atoms with Crippen molar-refractivity contribution in [3.05, 3.63) is 69.8 Å². The lowest BCUT2D eigenvalue weighted by Gasteiger charge is -2.37. The van der Waals surface area contributed by atoms with E-state index in [1.165, 1.54) is 0 Å². The number of pyridine rings is 1. The highest BCUT2D eigenvalue weighted by atomic mass is 35.5. The molecule has 1 aromatic heterocycles. The van der Waals surface area contributed by atoms with Crippen molar-refractivity contribution in [2.24, 2.45) is 11.8 Å². The molecule has 0 saturated carbocycles. The summed E-state index contributed by atoms with van der Waals surface area (Å²) in [4.78, 5) is 18.2. The van der Waals surface area contributed by atoms with Crippen molar-refractivity contribution < 1.29 is 19.7 Å². The fourth-order valence-electron chi connectivity index (χ4n) is 5.11. The third kappa shape index (κ3) is 7.37. The molecule has 3 atom stereocenters. The predicted molar refractivity (Wildman–Crippen MR) is 146 cm³/mol. The summed E-state index contributed by atoms with van der Waals surface area (Å²) in [6, 6.07) is 12.7. The van der Waals surface area contributed by atoms with E-state index in [4.69, 9.17) is 27.9 Å². The lowest BCUT2D eigenvalue weighted by molar-refractivity contribution is -0.139. The van der Waals surface area contributed by atoms with Crippen molar-refractivity contribution in [1.29, 1.82) is 0 Å². The van der Waals surface area contributed by atoms with Crippen molar-refractivity contribution >= 4 is 40.1 Å². The molecule has 2 N–H and O–H groups in total. The molecular formula is C29H30Cl2N2O4. The van der Waals surface area contributed by atoms with Gasteiger partial charge in [0.1, 0.15) is 5.75 Å². The summed E-state index contributed by atoms with van der Waals surface area (Å²) >= 11 is 12.1. The van der Waals surface area contributed by atoms with Gasteiger partial charge in [0.2, 0.25) is 0 Å². The zero-order valence-corrected chi connectivity index (χ0v) is 22.2. The maximum atomic E-state index is 11.6. The van der Waals surface area contributed by atoms with E-state index in [-0.39, 0.29) is 18.3 Å². The summed E-state index contributed by atoms with van der Waals surface area (Å²) in [5, 5.41) is 22.5. The van der Waals surface area contributed by atoms with Gasteiger partial charge in [0.25, 0.3) is 0 Å². The summed E-state index contributed by atoms with van der Waals surface area (Å²) in [6.07, 6.45) is 3.29. The van der Waals surface area contributed by atoms with Crippen molar-refractivity contribution in [1.82, 2.24) is 9.88 Å². The Labute approximate surface area is 227 Å². The van der Waals surface area contributed by atoms with Crippen LogP contribution in [0.25, 0.3) is 10.9 Å². The van der Waals surface area contributed by atoms with Gasteiger partial charge in [-0.05, 0) is 85.7 Å². The van der Waals surface area contributed by atoms with Crippen LogP contribution in [-0.4, -0.2) is 52.8 Å². The van der Waals surface area contributed by atoms with Crippen LogP contribution in [0.2, 0.25) is 10.0 Å². The average molecular weight is 541 g/mol. The molecule has 0 spiro atoms. The smallest absolute Gasteiger partial charge is 0.303 e. The number of aliphatic carboxylic acids is 1. The molecule has 6 nitrogen and oxygen atoms in total. The number of hydrogen-bond donors (Lipinski definition) is 2. The first-order chi connectivity index (χ1) is 17.8. The molecule has 1 aliphatic heterocycles. The Balaban J connectivity index is 1.39. The van der Waals surface area contributed by atoms with E-state index in [0.717, 1.165) is 41.4 Å². The number of aliphatic hydroxyl groups is 1. The van der Waals surface area contributed by atoms with E-state index < -0.39 is 12.1 Å². The third-order valence-corrected chi connectivity index (χ3v) is 7.40. The second kappa shape index (κ2) is 12.6. The fourth-order valence-corrected chi connectivity index (χ4v) is 5.63. The molecule has 3 aromatic rings. The van der Waals surface area contributed by atoms with Crippen LogP contribution in [0.4, 0.5) is 0 Å². The van der Waals surface area contributed by atoms with Crippen molar-refractivity contribution in [3.63, 3.8) is 0 Å². The zero-order chi connectivity index (χ0) is 26.4. The highest BCUT2D eigenvalue weighted by Crippen LogP contribution is 2.34. The van der Waals surface area contributed by atoms with Gasteiger partial charge < -0.3 is 14.9 Å². The number of benzene rings is 2. The van der Waals surface area contributed by atoms with E-state index in [1.54, 1.807) is 31.5 Å². The van der Waals surface area contributed by atoms with Gasteiger partial charge in [-0.1, -0.05) is 35.0 Å². The van der Waals surface area contributed by atoms with Gasteiger partial charge in [0.05, 0.1) is 25.3 Å². The van der Waals surface area contributed by atoms with Crippen LogP contribution in [0.3, 0.4) is 0 Å². The molecule has 0 unspecified atom stereocenters. The first kappa shape index (κ1) is 27.2. The molecule has 2 heterocycles.